The SMILES string of the molecule is CCOC(=O)CCCCCCCCCCCCCCCCCOc1c2ccccc2c(OCCCCCCCCCCCCCCCCCC(=O)OCC)c2ccccc12. The van der Waals surface area contributed by atoms with Crippen LogP contribution in [0.3, 0.4) is 0 Å². The van der Waals surface area contributed by atoms with Crippen molar-refractivity contribution in [2.75, 3.05) is 26.4 Å². The van der Waals surface area contributed by atoms with Crippen LogP contribution in [0.1, 0.15) is 219 Å². The Hall–Kier alpha value is -3.28. The first-order valence-corrected chi connectivity index (χ1v) is 25.2. The Balaban J connectivity index is 1.20. The first-order valence-electron chi connectivity index (χ1n) is 25.2. The number of benzene rings is 3. The first-order chi connectivity index (χ1) is 29.7. The molecule has 0 fully saturated rings. The molecule has 3 rings (SSSR count). The first kappa shape index (κ1) is 51.1. The monoisotopic (exact) mass is 831 g/mol. The van der Waals surface area contributed by atoms with Crippen molar-refractivity contribution in [3.8, 4) is 11.5 Å². The van der Waals surface area contributed by atoms with E-state index in [-0.39, 0.29) is 11.9 Å². The van der Waals surface area contributed by atoms with Crippen LogP contribution in [0.2, 0.25) is 0 Å². The number of hydrogen-bond donors (Lipinski definition) is 0. The maximum Gasteiger partial charge on any atom is 0.305 e. The van der Waals surface area contributed by atoms with Crippen LogP contribution in [0.25, 0.3) is 21.5 Å². The number of carbonyl (C=O) groups excluding carboxylic acids is 2. The van der Waals surface area contributed by atoms with Gasteiger partial charge in [0.05, 0.1) is 26.4 Å². The van der Waals surface area contributed by atoms with Crippen LogP contribution in [0.4, 0.5) is 0 Å². The van der Waals surface area contributed by atoms with E-state index in [9.17, 15) is 9.59 Å². The van der Waals surface area contributed by atoms with Crippen molar-refractivity contribution in [1.29, 1.82) is 0 Å². The highest BCUT2D eigenvalue weighted by Gasteiger charge is 2.16. The lowest BCUT2D eigenvalue weighted by molar-refractivity contribution is -0.144. The molecule has 0 saturated carbocycles. The molecule has 0 atom stereocenters. The van der Waals surface area contributed by atoms with Crippen molar-refractivity contribution < 1.29 is 28.5 Å². The zero-order valence-corrected chi connectivity index (χ0v) is 38.5. The van der Waals surface area contributed by atoms with Gasteiger partial charge in [0, 0.05) is 34.4 Å². The fourth-order valence-corrected chi connectivity index (χ4v) is 8.51. The summed E-state index contributed by atoms with van der Waals surface area (Å²) in [7, 11) is 0. The van der Waals surface area contributed by atoms with Gasteiger partial charge in [-0.1, -0.05) is 215 Å². The maximum atomic E-state index is 11.4. The molecule has 0 aromatic heterocycles. The average Bonchev–Trinajstić information content (AvgIpc) is 3.26. The molecule has 3 aromatic rings. The molecule has 6 nitrogen and oxygen atoms in total. The van der Waals surface area contributed by atoms with Crippen LogP contribution in [-0.2, 0) is 19.1 Å². The molecule has 0 unspecified atom stereocenters. The molecular weight excluding hydrogens is 745 g/mol. The summed E-state index contributed by atoms with van der Waals surface area (Å²) in [6.07, 6.45) is 39.4. The molecule has 0 amide bonds. The molecule has 0 aliphatic rings. The third-order valence-corrected chi connectivity index (χ3v) is 12.0. The van der Waals surface area contributed by atoms with Crippen LogP contribution >= 0.6 is 0 Å². The molecule has 0 radical (unpaired) electrons. The predicted octanol–water partition coefficient (Wildman–Crippen LogP) is 16.4. The van der Waals surface area contributed by atoms with Crippen molar-refractivity contribution >= 4 is 33.5 Å². The van der Waals surface area contributed by atoms with Crippen molar-refractivity contribution in [3.05, 3.63) is 48.5 Å². The van der Waals surface area contributed by atoms with E-state index in [0.29, 0.717) is 26.1 Å². The number of carbonyl (C=O) groups is 2. The number of fused-ring (bicyclic) bond motifs is 2. The predicted molar refractivity (Wildman–Crippen MR) is 253 cm³/mol. The van der Waals surface area contributed by atoms with E-state index in [1.165, 1.54) is 154 Å². The van der Waals surface area contributed by atoms with Crippen molar-refractivity contribution in [2.24, 2.45) is 0 Å². The van der Waals surface area contributed by atoms with Gasteiger partial charge in [0.2, 0.25) is 0 Å². The van der Waals surface area contributed by atoms with E-state index in [1.807, 2.05) is 13.8 Å². The standard InChI is InChI=1S/C54H86O6/c1-3-57-51(55)43-31-27-23-19-15-11-7-5-9-13-17-21-25-29-37-45-59-53-47-39-33-35-41-49(47)54(50-42-36-34-40-48(50)53)60-46-38-30-26-22-18-14-10-6-8-12-16-20-24-28-32-44-52(56)58-4-2/h33-36,39-42H,3-32,37-38,43-46H2,1-2H3. The van der Waals surface area contributed by atoms with E-state index in [1.54, 1.807) is 0 Å². The van der Waals surface area contributed by atoms with Gasteiger partial charge >= 0.3 is 11.9 Å². The highest BCUT2D eigenvalue weighted by Crippen LogP contribution is 2.43. The Bertz CT molecular complexity index is 1350. The highest BCUT2D eigenvalue weighted by atomic mass is 16.5. The largest absolute Gasteiger partial charge is 0.492 e. The molecule has 0 saturated heterocycles. The number of hydrogen-bond acceptors (Lipinski definition) is 6. The zero-order chi connectivity index (χ0) is 42.6. The van der Waals surface area contributed by atoms with E-state index >= 15 is 0 Å². The summed E-state index contributed by atoms with van der Waals surface area (Å²) in [5.74, 6) is 1.92. The fraction of sp³-hybridized carbons (Fsp3) is 0.704. The number of rotatable bonds is 40. The zero-order valence-electron chi connectivity index (χ0n) is 38.5. The quantitative estimate of drug-likeness (QED) is 0.0323. The van der Waals surface area contributed by atoms with Crippen molar-refractivity contribution in [2.45, 2.75) is 219 Å². The van der Waals surface area contributed by atoms with Crippen LogP contribution in [0.15, 0.2) is 48.5 Å². The smallest absolute Gasteiger partial charge is 0.305 e. The lowest BCUT2D eigenvalue weighted by Crippen LogP contribution is -2.03. The Morgan fingerprint density at radius 2 is 0.550 bits per heavy atom. The van der Waals surface area contributed by atoms with Gasteiger partial charge in [-0.2, -0.15) is 0 Å². The summed E-state index contributed by atoms with van der Waals surface area (Å²) in [5, 5.41) is 4.61. The molecular formula is C54H86O6. The minimum Gasteiger partial charge on any atom is -0.492 e. The third kappa shape index (κ3) is 23.1. The van der Waals surface area contributed by atoms with Gasteiger partial charge < -0.3 is 18.9 Å². The topological polar surface area (TPSA) is 71.1 Å². The molecule has 0 aliphatic carbocycles. The lowest BCUT2D eigenvalue weighted by Gasteiger charge is -2.18. The summed E-state index contributed by atoms with van der Waals surface area (Å²) >= 11 is 0. The van der Waals surface area contributed by atoms with Gasteiger partial charge in [0.1, 0.15) is 11.5 Å². The minimum atomic E-state index is -0.0433. The molecule has 6 heteroatoms. The molecule has 338 valence electrons. The van der Waals surface area contributed by atoms with Crippen LogP contribution in [0, 0.1) is 0 Å². The van der Waals surface area contributed by atoms with Gasteiger partial charge in [0.25, 0.3) is 0 Å². The van der Waals surface area contributed by atoms with Crippen molar-refractivity contribution in [3.63, 3.8) is 0 Å². The van der Waals surface area contributed by atoms with E-state index in [4.69, 9.17) is 18.9 Å². The molecule has 0 aliphatic heterocycles. The Kier molecular flexibility index (Phi) is 30.1. The van der Waals surface area contributed by atoms with Gasteiger partial charge in [-0.05, 0) is 39.5 Å². The molecule has 3 aromatic carbocycles. The Morgan fingerprint density at radius 1 is 0.333 bits per heavy atom. The van der Waals surface area contributed by atoms with Gasteiger partial charge in [-0.3, -0.25) is 9.59 Å². The maximum absolute atomic E-state index is 11.4. The molecule has 0 bridgehead atoms. The molecule has 0 N–H and O–H groups in total. The van der Waals surface area contributed by atoms with E-state index in [0.717, 1.165) is 84.8 Å². The second-order valence-corrected chi connectivity index (χ2v) is 17.2. The summed E-state index contributed by atoms with van der Waals surface area (Å²) < 4.78 is 23.2. The van der Waals surface area contributed by atoms with Crippen molar-refractivity contribution in [1.82, 2.24) is 0 Å². The number of unbranched alkanes of at least 4 members (excludes halogenated alkanes) is 28. The summed E-state index contributed by atoms with van der Waals surface area (Å²) in [6.45, 7) is 6.23. The normalized spacial score (nSPS) is 11.4. The second kappa shape index (κ2) is 35.3. The number of ether oxygens (including phenoxy) is 4. The van der Waals surface area contributed by atoms with Gasteiger partial charge in [-0.15, -0.1) is 0 Å². The molecule has 60 heavy (non-hydrogen) atoms. The van der Waals surface area contributed by atoms with Crippen LogP contribution in [0.5, 0.6) is 11.5 Å². The third-order valence-electron chi connectivity index (χ3n) is 12.0. The van der Waals surface area contributed by atoms with E-state index in [2.05, 4.69) is 48.5 Å². The Morgan fingerprint density at radius 3 is 0.783 bits per heavy atom. The highest BCUT2D eigenvalue weighted by molar-refractivity contribution is 6.11. The van der Waals surface area contributed by atoms with Gasteiger partial charge in [0.15, 0.2) is 0 Å². The summed E-state index contributed by atoms with van der Waals surface area (Å²) in [4.78, 5) is 22.8. The molecule has 0 spiro atoms. The number of esters is 2. The average molecular weight is 831 g/mol. The van der Waals surface area contributed by atoms with Crippen LogP contribution < -0.4 is 9.47 Å². The minimum absolute atomic E-state index is 0.0433. The van der Waals surface area contributed by atoms with E-state index < -0.39 is 0 Å². The van der Waals surface area contributed by atoms with Gasteiger partial charge in [-0.25, -0.2) is 0 Å². The second-order valence-electron chi connectivity index (χ2n) is 17.2. The molecule has 0 heterocycles. The lowest BCUT2D eigenvalue weighted by atomic mass is 10.0. The fourth-order valence-electron chi connectivity index (χ4n) is 8.51. The Labute approximate surface area is 366 Å². The van der Waals surface area contributed by atoms with Crippen LogP contribution in [-0.4, -0.2) is 38.4 Å². The summed E-state index contributed by atoms with van der Waals surface area (Å²) in [5.41, 5.74) is 0. The summed E-state index contributed by atoms with van der Waals surface area (Å²) in [6, 6.07) is 17.2.